The van der Waals surface area contributed by atoms with Crippen molar-refractivity contribution in [1.82, 2.24) is 14.9 Å². The van der Waals surface area contributed by atoms with E-state index in [1.165, 1.54) is 26.4 Å². The zero-order valence-electron chi connectivity index (χ0n) is 15.3. The van der Waals surface area contributed by atoms with Crippen LogP contribution in [0.1, 0.15) is 54.8 Å². The second-order valence-electron chi connectivity index (χ2n) is 7.07. The van der Waals surface area contributed by atoms with Gasteiger partial charge in [-0.1, -0.05) is 37.1 Å². The summed E-state index contributed by atoms with van der Waals surface area (Å²) in [5.74, 6) is 1.71. The van der Waals surface area contributed by atoms with Crippen molar-refractivity contribution in [3.8, 4) is 5.75 Å². The van der Waals surface area contributed by atoms with Crippen molar-refractivity contribution < 1.29 is 9.66 Å². The van der Waals surface area contributed by atoms with Crippen LogP contribution in [-0.2, 0) is 0 Å². The SMILES string of the molecule is COc1ccc(C2SC=C3Sc4nnc(C5CCCCC5)n4N32)cc1[N+](=O)[O-]. The maximum atomic E-state index is 11.5. The van der Waals surface area contributed by atoms with Gasteiger partial charge in [-0.15, -0.1) is 10.2 Å². The van der Waals surface area contributed by atoms with E-state index in [-0.39, 0.29) is 16.8 Å². The minimum absolute atomic E-state index is 0.0163. The second-order valence-corrected chi connectivity index (χ2v) is 9.01. The van der Waals surface area contributed by atoms with Gasteiger partial charge in [0.25, 0.3) is 0 Å². The summed E-state index contributed by atoms with van der Waals surface area (Å²) in [7, 11) is 1.45. The fourth-order valence-corrected chi connectivity index (χ4v) is 6.32. The smallest absolute Gasteiger partial charge is 0.311 e. The Hall–Kier alpha value is -2.20. The van der Waals surface area contributed by atoms with Crippen LogP contribution in [0.5, 0.6) is 5.75 Å². The van der Waals surface area contributed by atoms with Crippen molar-refractivity contribution in [2.75, 3.05) is 12.1 Å². The minimum atomic E-state index is -0.396. The first-order chi connectivity index (χ1) is 13.7. The maximum Gasteiger partial charge on any atom is 0.311 e. The van der Waals surface area contributed by atoms with E-state index in [9.17, 15) is 10.1 Å². The molecule has 8 nitrogen and oxygen atoms in total. The molecule has 10 heteroatoms. The molecule has 3 heterocycles. The summed E-state index contributed by atoms with van der Waals surface area (Å²) in [5, 5.41) is 26.5. The van der Waals surface area contributed by atoms with Crippen LogP contribution in [0, 0.1) is 10.1 Å². The Bertz CT molecular complexity index is 970. The van der Waals surface area contributed by atoms with Gasteiger partial charge in [-0.2, -0.15) is 0 Å². The highest BCUT2D eigenvalue weighted by Gasteiger charge is 2.41. The Morgan fingerprint density at radius 1 is 1.25 bits per heavy atom. The highest BCUT2D eigenvalue weighted by Crippen LogP contribution is 2.52. The predicted octanol–water partition coefficient (Wildman–Crippen LogP) is 4.53. The van der Waals surface area contributed by atoms with E-state index in [4.69, 9.17) is 4.74 Å². The van der Waals surface area contributed by atoms with Crippen molar-refractivity contribution in [3.63, 3.8) is 0 Å². The monoisotopic (exact) mass is 417 g/mol. The van der Waals surface area contributed by atoms with E-state index in [1.807, 2.05) is 6.07 Å². The zero-order chi connectivity index (χ0) is 19.3. The third-order valence-electron chi connectivity index (χ3n) is 5.45. The van der Waals surface area contributed by atoms with Gasteiger partial charge in [0.1, 0.15) is 10.4 Å². The van der Waals surface area contributed by atoms with E-state index in [0.29, 0.717) is 5.92 Å². The number of hydrogen-bond acceptors (Lipinski definition) is 8. The molecule has 1 atom stereocenters. The molecule has 0 spiro atoms. The molecule has 1 aromatic heterocycles. The molecular weight excluding hydrogens is 398 g/mol. The first-order valence-corrected chi connectivity index (χ1v) is 11.0. The lowest BCUT2D eigenvalue weighted by atomic mass is 9.89. The summed E-state index contributed by atoms with van der Waals surface area (Å²) >= 11 is 3.25. The summed E-state index contributed by atoms with van der Waals surface area (Å²) in [5.41, 5.74) is 0.845. The number of fused-ring (bicyclic) bond motifs is 3. The fraction of sp³-hybridized carbons (Fsp3) is 0.444. The van der Waals surface area contributed by atoms with Crippen LogP contribution in [0.4, 0.5) is 5.69 Å². The molecule has 0 amide bonds. The topological polar surface area (TPSA) is 86.3 Å². The molecule has 1 aliphatic carbocycles. The Kier molecular flexibility index (Phi) is 4.47. The molecule has 28 heavy (non-hydrogen) atoms. The van der Waals surface area contributed by atoms with Crippen LogP contribution in [-0.4, -0.2) is 26.9 Å². The quantitative estimate of drug-likeness (QED) is 0.530. The van der Waals surface area contributed by atoms with Crippen LogP contribution in [0.25, 0.3) is 0 Å². The largest absolute Gasteiger partial charge is 0.490 e. The predicted molar refractivity (Wildman–Crippen MR) is 108 cm³/mol. The zero-order valence-corrected chi connectivity index (χ0v) is 16.9. The number of nitro groups is 1. The average Bonchev–Trinajstić information content (AvgIpc) is 3.39. The molecule has 3 aliphatic rings. The van der Waals surface area contributed by atoms with E-state index in [0.717, 1.165) is 34.4 Å². The second kappa shape index (κ2) is 7.00. The number of aromatic nitrogens is 3. The molecule has 1 aromatic carbocycles. The van der Waals surface area contributed by atoms with E-state index >= 15 is 0 Å². The van der Waals surface area contributed by atoms with Crippen molar-refractivity contribution in [3.05, 3.63) is 50.1 Å². The molecule has 1 fully saturated rings. The molecule has 1 saturated carbocycles. The standard InChI is InChI=1S/C18H19N5O3S2/c1-26-14-8-7-12(9-13(14)23(24)25)17-21-15(10-27-17)28-18-20-19-16(22(18)21)11-5-3-2-4-6-11/h7-11,17H,2-6H2,1H3. The average molecular weight is 418 g/mol. The van der Waals surface area contributed by atoms with Crippen LogP contribution in [0.15, 0.2) is 33.8 Å². The number of nitrogens with zero attached hydrogens (tertiary/aromatic N) is 5. The molecule has 5 rings (SSSR count). The molecular formula is C18H19N5O3S2. The summed E-state index contributed by atoms with van der Waals surface area (Å²) < 4.78 is 7.28. The number of nitro benzene ring substituents is 1. The van der Waals surface area contributed by atoms with Crippen molar-refractivity contribution in [2.45, 2.75) is 48.6 Å². The van der Waals surface area contributed by atoms with Crippen LogP contribution >= 0.6 is 23.5 Å². The molecule has 2 aliphatic heterocycles. The molecule has 0 bridgehead atoms. The molecule has 0 N–H and O–H groups in total. The summed E-state index contributed by atoms with van der Waals surface area (Å²) in [6.07, 6.45) is 6.02. The molecule has 0 saturated heterocycles. The number of hydrogen-bond donors (Lipinski definition) is 0. The summed E-state index contributed by atoms with van der Waals surface area (Å²) in [6.45, 7) is 0. The van der Waals surface area contributed by atoms with E-state index in [1.54, 1.807) is 35.7 Å². The third-order valence-corrected chi connectivity index (χ3v) is 7.64. The number of methoxy groups -OCH3 is 1. The lowest BCUT2D eigenvalue weighted by molar-refractivity contribution is -0.385. The van der Waals surface area contributed by atoms with Crippen molar-refractivity contribution in [2.24, 2.45) is 0 Å². The van der Waals surface area contributed by atoms with Gasteiger partial charge in [-0.25, -0.2) is 4.68 Å². The number of thioether (sulfide) groups is 2. The highest BCUT2D eigenvalue weighted by atomic mass is 32.2. The maximum absolute atomic E-state index is 11.5. The van der Waals surface area contributed by atoms with Gasteiger partial charge < -0.3 is 4.74 Å². The number of rotatable bonds is 4. The minimum Gasteiger partial charge on any atom is -0.490 e. The lowest BCUT2D eigenvalue weighted by Crippen LogP contribution is -2.32. The molecule has 1 unspecified atom stereocenters. The van der Waals surface area contributed by atoms with Gasteiger partial charge >= 0.3 is 5.69 Å². The van der Waals surface area contributed by atoms with Crippen LogP contribution < -0.4 is 9.75 Å². The molecule has 146 valence electrons. The number of benzene rings is 1. The van der Waals surface area contributed by atoms with Gasteiger partial charge in [0.2, 0.25) is 5.16 Å². The third kappa shape index (κ3) is 2.77. The fourth-order valence-electron chi connectivity index (χ4n) is 4.10. The van der Waals surface area contributed by atoms with Crippen LogP contribution in [0.3, 0.4) is 0 Å². The normalized spacial score (nSPS) is 21.4. The Balaban J connectivity index is 1.53. The van der Waals surface area contributed by atoms with E-state index < -0.39 is 4.92 Å². The Morgan fingerprint density at radius 3 is 2.82 bits per heavy atom. The Morgan fingerprint density at radius 2 is 2.07 bits per heavy atom. The number of ether oxygens (including phenoxy) is 1. The first-order valence-electron chi connectivity index (χ1n) is 9.28. The molecule has 2 aromatic rings. The van der Waals surface area contributed by atoms with Gasteiger partial charge in [-0.3, -0.25) is 15.1 Å². The first kappa shape index (κ1) is 17.9. The van der Waals surface area contributed by atoms with Gasteiger partial charge in [0.15, 0.2) is 11.6 Å². The van der Waals surface area contributed by atoms with Gasteiger partial charge in [0, 0.05) is 17.4 Å². The summed E-state index contributed by atoms with van der Waals surface area (Å²) in [6, 6.07) is 5.18. The van der Waals surface area contributed by atoms with Crippen LogP contribution in [0.2, 0.25) is 0 Å². The van der Waals surface area contributed by atoms with Crippen molar-refractivity contribution in [1.29, 1.82) is 0 Å². The van der Waals surface area contributed by atoms with Gasteiger partial charge in [-0.05, 0) is 36.2 Å². The Labute approximate surface area is 170 Å². The van der Waals surface area contributed by atoms with E-state index in [2.05, 4.69) is 25.3 Å². The van der Waals surface area contributed by atoms with Gasteiger partial charge in [0.05, 0.1) is 12.0 Å². The highest BCUT2D eigenvalue weighted by molar-refractivity contribution is 8.07. The summed E-state index contributed by atoms with van der Waals surface area (Å²) in [4.78, 5) is 11.1. The lowest BCUT2D eigenvalue weighted by Gasteiger charge is -2.28. The molecule has 0 radical (unpaired) electrons. The van der Waals surface area contributed by atoms with Crippen molar-refractivity contribution >= 4 is 29.2 Å².